The third kappa shape index (κ3) is 4.83. The summed E-state index contributed by atoms with van der Waals surface area (Å²) in [6.07, 6.45) is 0. The average molecular weight is 277 g/mol. The molecule has 0 atom stereocenters. The van der Waals surface area contributed by atoms with Crippen molar-refractivity contribution in [3.8, 4) is 0 Å². The number of aryl methyl sites for hydroxylation is 1. The fourth-order valence-corrected chi connectivity index (χ4v) is 2.22. The highest BCUT2D eigenvalue weighted by Gasteiger charge is 2.19. The molecule has 1 rings (SSSR count). The second-order valence-corrected chi connectivity index (χ2v) is 6.13. The molecule has 0 aliphatic carbocycles. The third-order valence-electron chi connectivity index (χ3n) is 2.91. The van der Waals surface area contributed by atoms with E-state index >= 15 is 0 Å². The van der Waals surface area contributed by atoms with Crippen LogP contribution in [0.5, 0.6) is 0 Å². The zero-order valence-electron chi connectivity index (χ0n) is 13.5. The predicted molar refractivity (Wildman–Crippen MR) is 84.1 cm³/mol. The number of aromatic nitrogens is 1. The van der Waals surface area contributed by atoms with E-state index in [1.807, 2.05) is 31.0 Å². The van der Waals surface area contributed by atoms with Crippen LogP contribution in [0, 0.1) is 18.8 Å². The van der Waals surface area contributed by atoms with E-state index in [-0.39, 0.29) is 5.91 Å². The van der Waals surface area contributed by atoms with Crippen molar-refractivity contribution in [2.75, 3.05) is 25.5 Å². The minimum atomic E-state index is 0.0920. The van der Waals surface area contributed by atoms with Gasteiger partial charge in [-0.15, -0.1) is 0 Å². The number of nitrogens with one attached hydrogen (secondary N) is 1. The van der Waals surface area contributed by atoms with Crippen LogP contribution in [0.1, 0.15) is 43.7 Å². The van der Waals surface area contributed by atoms with Crippen LogP contribution in [-0.2, 0) is 0 Å². The summed E-state index contributed by atoms with van der Waals surface area (Å²) in [4.78, 5) is 19.0. The van der Waals surface area contributed by atoms with Crippen molar-refractivity contribution in [1.82, 2.24) is 9.88 Å². The van der Waals surface area contributed by atoms with Crippen molar-refractivity contribution >= 4 is 11.7 Å². The number of anilines is 1. The topological polar surface area (TPSA) is 45.2 Å². The van der Waals surface area contributed by atoms with E-state index in [0.29, 0.717) is 17.4 Å². The van der Waals surface area contributed by atoms with Crippen LogP contribution in [0.4, 0.5) is 5.82 Å². The molecule has 0 saturated heterocycles. The highest BCUT2D eigenvalue weighted by atomic mass is 16.2. The zero-order chi connectivity index (χ0) is 15.3. The van der Waals surface area contributed by atoms with Gasteiger partial charge in [-0.05, 0) is 30.9 Å². The molecule has 1 aromatic rings. The van der Waals surface area contributed by atoms with Crippen LogP contribution < -0.4 is 5.32 Å². The molecule has 0 unspecified atom stereocenters. The lowest BCUT2D eigenvalue weighted by atomic mass is 10.1. The van der Waals surface area contributed by atoms with E-state index in [9.17, 15) is 4.79 Å². The number of pyridine rings is 1. The van der Waals surface area contributed by atoms with Gasteiger partial charge in [0, 0.05) is 31.4 Å². The summed E-state index contributed by atoms with van der Waals surface area (Å²) in [7, 11) is 1.82. The number of amides is 1. The Balaban J connectivity index is 3.01. The molecule has 1 N–H and O–H groups in total. The Morgan fingerprint density at radius 3 is 2.20 bits per heavy atom. The SMILES string of the molecule is CNc1cc(C(=O)N(CC(C)C)CC(C)C)cc(C)n1. The molecule has 0 saturated carbocycles. The zero-order valence-corrected chi connectivity index (χ0v) is 13.5. The molecule has 1 heterocycles. The Kier molecular flexibility index (Phi) is 5.99. The quantitative estimate of drug-likeness (QED) is 0.868. The maximum atomic E-state index is 12.7. The van der Waals surface area contributed by atoms with Crippen LogP contribution in [-0.4, -0.2) is 35.9 Å². The van der Waals surface area contributed by atoms with Gasteiger partial charge >= 0.3 is 0 Å². The Morgan fingerprint density at radius 1 is 1.20 bits per heavy atom. The summed E-state index contributed by atoms with van der Waals surface area (Å²) < 4.78 is 0. The van der Waals surface area contributed by atoms with E-state index in [1.165, 1.54) is 0 Å². The van der Waals surface area contributed by atoms with Gasteiger partial charge in [-0.1, -0.05) is 27.7 Å². The molecule has 0 radical (unpaired) electrons. The van der Waals surface area contributed by atoms with Gasteiger partial charge in [0.05, 0.1) is 0 Å². The van der Waals surface area contributed by atoms with Crippen molar-refractivity contribution in [3.05, 3.63) is 23.4 Å². The molecule has 4 nitrogen and oxygen atoms in total. The molecule has 4 heteroatoms. The summed E-state index contributed by atoms with van der Waals surface area (Å²) in [5.41, 5.74) is 1.57. The predicted octanol–water partition coefficient (Wildman–Crippen LogP) is 3.19. The van der Waals surface area contributed by atoms with E-state index < -0.39 is 0 Å². The van der Waals surface area contributed by atoms with Crippen LogP contribution in [0.3, 0.4) is 0 Å². The third-order valence-corrected chi connectivity index (χ3v) is 2.91. The first-order chi connectivity index (χ1) is 9.33. The van der Waals surface area contributed by atoms with E-state index in [0.717, 1.165) is 24.6 Å². The van der Waals surface area contributed by atoms with Crippen molar-refractivity contribution in [2.24, 2.45) is 11.8 Å². The highest BCUT2D eigenvalue weighted by Crippen LogP contribution is 2.14. The number of carbonyl (C=O) groups excluding carboxylic acids is 1. The van der Waals surface area contributed by atoms with Crippen LogP contribution in [0.15, 0.2) is 12.1 Å². The average Bonchev–Trinajstić information content (AvgIpc) is 2.35. The van der Waals surface area contributed by atoms with Crippen molar-refractivity contribution in [2.45, 2.75) is 34.6 Å². The van der Waals surface area contributed by atoms with Gasteiger partial charge in [0.2, 0.25) is 0 Å². The maximum absolute atomic E-state index is 12.7. The Morgan fingerprint density at radius 2 is 1.75 bits per heavy atom. The molecule has 112 valence electrons. The summed E-state index contributed by atoms with van der Waals surface area (Å²) in [6.45, 7) is 12.0. The molecule has 0 aliphatic heterocycles. The van der Waals surface area contributed by atoms with Crippen LogP contribution in [0.2, 0.25) is 0 Å². The smallest absolute Gasteiger partial charge is 0.254 e. The molecule has 20 heavy (non-hydrogen) atoms. The molecule has 0 aliphatic rings. The van der Waals surface area contributed by atoms with Crippen molar-refractivity contribution < 1.29 is 4.79 Å². The lowest BCUT2D eigenvalue weighted by Gasteiger charge is -2.26. The number of carbonyl (C=O) groups is 1. The van der Waals surface area contributed by atoms with Crippen molar-refractivity contribution in [1.29, 1.82) is 0 Å². The minimum absolute atomic E-state index is 0.0920. The molecule has 0 fully saturated rings. The lowest BCUT2D eigenvalue weighted by molar-refractivity contribution is 0.0715. The minimum Gasteiger partial charge on any atom is -0.373 e. The molecule has 0 spiro atoms. The molecular weight excluding hydrogens is 250 g/mol. The van der Waals surface area contributed by atoms with E-state index in [1.54, 1.807) is 0 Å². The Labute approximate surface area is 122 Å². The van der Waals surface area contributed by atoms with Gasteiger partial charge in [0.15, 0.2) is 0 Å². The van der Waals surface area contributed by atoms with Crippen molar-refractivity contribution in [3.63, 3.8) is 0 Å². The summed E-state index contributed by atoms with van der Waals surface area (Å²) in [5.74, 6) is 1.76. The van der Waals surface area contributed by atoms with Crippen LogP contribution in [0.25, 0.3) is 0 Å². The van der Waals surface area contributed by atoms with Gasteiger partial charge in [-0.2, -0.15) is 0 Å². The monoisotopic (exact) mass is 277 g/mol. The molecular formula is C16H27N3O. The van der Waals surface area contributed by atoms with Crippen LogP contribution >= 0.6 is 0 Å². The molecule has 1 aromatic heterocycles. The lowest BCUT2D eigenvalue weighted by Crippen LogP contribution is -2.37. The first-order valence-corrected chi connectivity index (χ1v) is 7.29. The number of hydrogen-bond donors (Lipinski definition) is 1. The standard InChI is InChI=1S/C16H27N3O/c1-11(2)9-19(10-12(3)4)16(20)14-7-13(5)18-15(8-14)17-6/h7-8,11-12H,9-10H2,1-6H3,(H,17,18). The first-order valence-electron chi connectivity index (χ1n) is 7.29. The van der Waals surface area contributed by atoms with E-state index in [2.05, 4.69) is 38.0 Å². The maximum Gasteiger partial charge on any atom is 0.254 e. The van der Waals surface area contributed by atoms with Gasteiger partial charge in [0.1, 0.15) is 5.82 Å². The normalized spacial score (nSPS) is 11.0. The number of rotatable bonds is 6. The van der Waals surface area contributed by atoms with Gasteiger partial charge in [0.25, 0.3) is 5.91 Å². The second-order valence-electron chi connectivity index (χ2n) is 6.13. The summed E-state index contributed by atoms with van der Waals surface area (Å²) in [5, 5.41) is 3.00. The van der Waals surface area contributed by atoms with Gasteiger partial charge < -0.3 is 10.2 Å². The molecule has 0 aromatic carbocycles. The Bertz CT molecular complexity index is 445. The molecule has 1 amide bonds. The molecule has 0 bridgehead atoms. The van der Waals surface area contributed by atoms with E-state index in [4.69, 9.17) is 0 Å². The fraction of sp³-hybridized carbons (Fsp3) is 0.625. The highest BCUT2D eigenvalue weighted by molar-refractivity contribution is 5.95. The fourth-order valence-electron chi connectivity index (χ4n) is 2.22. The summed E-state index contributed by atoms with van der Waals surface area (Å²) >= 11 is 0. The largest absolute Gasteiger partial charge is 0.373 e. The number of hydrogen-bond acceptors (Lipinski definition) is 3. The second kappa shape index (κ2) is 7.27. The first kappa shape index (κ1) is 16.5. The number of nitrogens with zero attached hydrogens (tertiary/aromatic N) is 2. The van der Waals surface area contributed by atoms with Gasteiger partial charge in [-0.3, -0.25) is 4.79 Å². The Hall–Kier alpha value is -1.58. The van der Waals surface area contributed by atoms with Gasteiger partial charge in [-0.25, -0.2) is 4.98 Å². The summed E-state index contributed by atoms with van der Waals surface area (Å²) in [6, 6.07) is 3.68.